The summed E-state index contributed by atoms with van der Waals surface area (Å²) in [7, 11) is 0. The van der Waals surface area contributed by atoms with Crippen molar-refractivity contribution in [2.24, 2.45) is 5.73 Å². The van der Waals surface area contributed by atoms with Crippen LogP contribution in [-0.2, 0) is 16.1 Å². The lowest BCUT2D eigenvalue weighted by atomic mass is 10.0. The van der Waals surface area contributed by atoms with Crippen LogP contribution in [0.2, 0.25) is 0 Å². The Bertz CT molecular complexity index is 912. The first-order valence-electron chi connectivity index (χ1n) is 8.73. The van der Waals surface area contributed by atoms with Crippen molar-refractivity contribution in [1.29, 1.82) is 0 Å². The molecule has 0 aliphatic carbocycles. The molecule has 146 valence electrons. The van der Waals surface area contributed by atoms with Gasteiger partial charge in [0.05, 0.1) is 12.2 Å². The fourth-order valence-corrected chi connectivity index (χ4v) is 2.80. The van der Waals surface area contributed by atoms with Crippen molar-refractivity contribution in [2.45, 2.75) is 13.5 Å². The summed E-state index contributed by atoms with van der Waals surface area (Å²) in [6.45, 7) is 2.49. The molecule has 0 atom stereocenters. The summed E-state index contributed by atoms with van der Waals surface area (Å²) < 4.78 is 19.8. The van der Waals surface area contributed by atoms with Crippen LogP contribution >= 0.6 is 0 Å². The van der Waals surface area contributed by atoms with E-state index in [0.29, 0.717) is 24.5 Å². The van der Waals surface area contributed by atoms with Crippen molar-refractivity contribution in [1.82, 2.24) is 10.6 Å². The molecular weight excluding hydrogens is 363 g/mol. The highest BCUT2D eigenvalue weighted by atomic mass is 19.1. The summed E-state index contributed by atoms with van der Waals surface area (Å²) in [5.74, 6) is -0.439. The largest absolute Gasteiger partial charge is 0.419 e. The molecule has 2 amide bonds. The van der Waals surface area contributed by atoms with Crippen molar-refractivity contribution < 1.29 is 18.7 Å². The number of hydrogen-bond donors (Lipinski definition) is 3. The molecule has 1 aliphatic heterocycles. The molecule has 1 heterocycles. The van der Waals surface area contributed by atoms with Gasteiger partial charge in [0.2, 0.25) is 5.91 Å². The molecule has 7 nitrogen and oxygen atoms in total. The highest BCUT2D eigenvalue weighted by molar-refractivity contribution is 5.91. The van der Waals surface area contributed by atoms with Crippen molar-refractivity contribution in [2.75, 3.05) is 18.1 Å². The van der Waals surface area contributed by atoms with E-state index in [2.05, 4.69) is 10.6 Å². The van der Waals surface area contributed by atoms with E-state index in [4.69, 9.17) is 10.5 Å². The smallest absolute Gasteiger partial charge is 0.411 e. The minimum atomic E-state index is -0.625. The normalized spacial score (nSPS) is 15.0. The summed E-state index contributed by atoms with van der Waals surface area (Å²) in [5.41, 5.74) is 8.00. The second-order valence-corrected chi connectivity index (χ2v) is 6.26. The molecule has 0 radical (unpaired) electrons. The minimum Gasteiger partial charge on any atom is -0.411 e. The molecule has 4 N–H and O–H groups in total. The first kappa shape index (κ1) is 19.5. The number of nitrogens with one attached hydrogen (secondary N) is 2. The zero-order chi connectivity index (χ0) is 20.1. The van der Waals surface area contributed by atoms with E-state index in [-0.39, 0.29) is 18.2 Å². The van der Waals surface area contributed by atoms with Crippen LogP contribution in [0.1, 0.15) is 12.5 Å². The van der Waals surface area contributed by atoms with Gasteiger partial charge >= 0.3 is 6.09 Å². The van der Waals surface area contributed by atoms with Gasteiger partial charge in [-0.15, -0.1) is 0 Å². The van der Waals surface area contributed by atoms with Gasteiger partial charge in [-0.25, -0.2) is 9.18 Å². The van der Waals surface area contributed by atoms with E-state index in [1.54, 1.807) is 12.1 Å². The lowest BCUT2D eigenvalue weighted by Crippen LogP contribution is -2.23. The number of carbonyl (C=O) groups excluding carboxylic acids is 2. The molecule has 3 rings (SSSR count). The Hall–Kier alpha value is -3.23. The Morgan fingerprint density at radius 2 is 2.04 bits per heavy atom. The number of hydrogen-bond acceptors (Lipinski definition) is 5. The number of anilines is 1. The van der Waals surface area contributed by atoms with Crippen molar-refractivity contribution >= 4 is 17.7 Å². The monoisotopic (exact) mass is 384 g/mol. The maximum absolute atomic E-state index is 14.7. The third kappa shape index (κ3) is 4.54. The lowest BCUT2D eigenvalue weighted by Gasteiger charge is -2.14. The highest BCUT2D eigenvalue weighted by Crippen LogP contribution is 2.29. The Morgan fingerprint density at radius 1 is 1.29 bits per heavy atom. The Balaban J connectivity index is 1.76. The van der Waals surface area contributed by atoms with Gasteiger partial charge in [0.15, 0.2) is 0 Å². The number of nitrogens with zero attached hydrogens (tertiary/aromatic N) is 1. The molecule has 1 saturated heterocycles. The number of cyclic esters (lactones) is 1. The summed E-state index contributed by atoms with van der Waals surface area (Å²) in [6, 6.07) is 12.1. The van der Waals surface area contributed by atoms with Crippen LogP contribution in [-0.4, -0.2) is 25.2 Å². The molecule has 0 unspecified atom stereocenters. The zero-order valence-corrected chi connectivity index (χ0v) is 15.4. The molecule has 2 aromatic rings. The number of benzene rings is 2. The Kier molecular flexibility index (Phi) is 6.03. The van der Waals surface area contributed by atoms with Crippen LogP contribution < -0.4 is 21.3 Å². The summed E-state index contributed by atoms with van der Waals surface area (Å²) in [4.78, 5) is 24.3. The second kappa shape index (κ2) is 8.64. The van der Waals surface area contributed by atoms with Crippen LogP contribution in [0.5, 0.6) is 0 Å². The first-order chi connectivity index (χ1) is 13.5. The molecule has 2 aromatic carbocycles. The molecule has 1 aliphatic rings. The van der Waals surface area contributed by atoms with Gasteiger partial charge in [-0.3, -0.25) is 9.69 Å². The third-order valence-corrected chi connectivity index (χ3v) is 4.19. The lowest BCUT2D eigenvalue weighted by molar-refractivity contribution is -0.118. The van der Waals surface area contributed by atoms with E-state index in [1.807, 2.05) is 24.3 Å². The number of ether oxygens (including phenoxy) is 1. The summed E-state index contributed by atoms with van der Waals surface area (Å²) in [6.07, 6.45) is 0.701. The average Bonchev–Trinajstić information content (AvgIpc) is 3.06. The first-order valence-corrected chi connectivity index (χ1v) is 8.73. The van der Waals surface area contributed by atoms with Crippen molar-refractivity contribution in [3.05, 3.63) is 65.8 Å². The molecule has 0 bridgehead atoms. The predicted octanol–water partition coefficient (Wildman–Crippen LogP) is 2.43. The maximum Gasteiger partial charge on any atom is 0.419 e. The minimum absolute atomic E-state index is 0.112. The van der Waals surface area contributed by atoms with Gasteiger partial charge < -0.3 is 21.1 Å². The molecule has 28 heavy (non-hydrogen) atoms. The molecule has 0 aromatic heterocycles. The topological polar surface area (TPSA) is 96.7 Å². The molecule has 1 fully saturated rings. The van der Waals surface area contributed by atoms with E-state index < -0.39 is 11.9 Å². The van der Waals surface area contributed by atoms with Gasteiger partial charge in [-0.05, 0) is 29.3 Å². The van der Waals surface area contributed by atoms with Crippen LogP contribution in [0.4, 0.5) is 14.9 Å². The fourth-order valence-electron chi connectivity index (χ4n) is 2.80. The SMILES string of the molecule is CC(=O)N/C=C1\CN(c2ccc(-c3ccc(CNCN)cc3)c(F)c2)C(=O)O1. The van der Waals surface area contributed by atoms with E-state index in [1.165, 1.54) is 24.1 Å². The van der Waals surface area contributed by atoms with Crippen molar-refractivity contribution in [3.63, 3.8) is 0 Å². The number of carbonyl (C=O) groups is 2. The Labute approximate surface area is 162 Å². The van der Waals surface area contributed by atoms with Gasteiger partial charge in [0, 0.05) is 31.9 Å². The van der Waals surface area contributed by atoms with Gasteiger partial charge in [-0.2, -0.15) is 0 Å². The van der Waals surface area contributed by atoms with Gasteiger partial charge in [-0.1, -0.05) is 24.3 Å². The summed E-state index contributed by atoms with van der Waals surface area (Å²) in [5, 5.41) is 5.47. The Morgan fingerprint density at radius 3 is 2.68 bits per heavy atom. The van der Waals surface area contributed by atoms with Crippen molar-refractivity contribution in [3.8, 4) is 11.1 Å². The van der Waals surface area contributed by atoms with Crippen LogP contribution in [0.15, 0.2) is 54.4 Å². The predicted molar refractivity (Wildman–Crippen MR) is 103 cm³/mol. The molecule has 0 saturated carbocycles. The van der Waals surface area contributed by atoms with Crippen LogP contribution in [0.3, 0.4) is 0 Å². The maximum atomic E-state index is 14.7. The quantitative estimate of drug-likeness (QED) is 0.665. The molecule has 0 spiro atoms. The molecular formula is C20H21FN4O3. The number of nitrogens with two attached hydrogens (primary N) is 1. The van der Waals surface area contributed by atoms with E-state index in [0.717, 1.165) is 11.1 Å². The summed E-state index contributed by atoms with van der Waals surface area (Å²) >= 11 is 0. The van der Waals surface area contributed by atoms with Gasteiger partial charge in [0.1, 0.15) is 11.6 Å². The van der Waals surface area contributed by atoms with Crippen LogP contribution in [0.25, 0.3) is 11.1 Å². The standard InChI is InChI=1S/C20H21FN4O3/c1-13(26)24-10-17-11-25(20(27)28-17)16-6-7-18(19(21)8-16)15-4-2-14(3-5-15)9-23-12-22/h2-8,10,23H,9,11-12,22H2,1H3,(H,24,26)/b17-10+. The van der Waals surface area contributed by atoms with E-state index >= 15 is 0 Å². The number of rotatable bonds is 6. The number of amides is 2. The molecule has 8 heteroatoms. The fraction of sp³-hybridized carbons (Fsp3) is 0.200. The third-order valence-electron chi connectivity index (χ3n) is 4.19. The van der Waals surface area contributed by atoms with Crippen LogP contribution in [0, 0.1) is 5.82 Å². The number of halogens is 1. The second-order valence-electron chi connectivity index (χ2n) is 6.26. The van der Waals surface area contributed by atoms with Gasteiger partial charge in [0.25, 0.3) is 0 Å². The van der Waals surface area contributed by atoms with E-state index in [9.17, 15) is 14.0 Å². The highest BCUT2D eigenvalue weighted by Gasteiger charge is 2.29. The average molecular weight is 384 g/mol. The zero-order valence-electron chi connectivity index (χ0n) is 15.4.